The fourth-order valence-corrected chi connectivity index (χ4v) is 3.33. The van der Waals surface area contributed by atoms with E-state index in [9.17, 15) is 9.59 Å². The summed E-state index contributed by atoms with van der Waals surface area (Å²) in [4.78, 5) is 30.7. The number of benzene rings is 1. The average molecular weight is 383 g/mol. The highest BCUT2D eigenvalue weighted by Crippen LogP contribution is 2.27. The summed E-state index contributed by atoms with van der Waals surface area (Å²) in [7, 11) is 3.15. The Bertz CT molecular complexity index is 818. The van der Waals surface area contributed by atoms with Crippen molar-refractivity contribution in [3.05, 3.63) is 53.9 Å². The maximum absolute atomic E-state index is 12.4. The van der Waals surface area contributed by atoms with E-state index < -0.39 is 0 Å². The molecule has 0 bridgehead atoms. The number of pyridine rings is 1. The van der Waals surface area contributed by atoms with Crippen LogP contribution in [0.4, 0.5) is 0 Å². The summed E-state index contributed by atoms with van der Waals surface area (Å²) in [6.45, 7) is 1.22. The summed E-state index contributed by atoms with van der Waals surface area (Å²) in [5, 5.41) is 3.07. The van der Waals surface area contributed by atoms with Crippen molar-refractivity contribution in [1.29, 1.82) is 0 Å². The molecule has 0 aliphatic carbocycles. The zero-order valence-electron chi connectivity index (χ0n) is 16.2. The van der Waals surface area contributed by atoms with Gasteiger partial charge in [-0.05, 0) is 42.7 Å². The maximum Gasteiger partial charge on any atom is 0.272 e. The molecule has 1 N–H and O–H groups in total. The number of rotatable bonds is 6. The van der Waals surface area contributed by atoms with E-state index in [-0.39, 0.29) is 24.3 Å². The highest BCUT2D eigenvalue weighted by molar-refractivity contribution is 5.92. The van der Waals surface area contributed by atoms with E-state index in [1.54, 1.807) is 49.6 Å². The molecular formula is C21H25N3O4. The Hall–Kier alpha value is -3.09. The van der Waals surface area contributed by atoms with Gasteiger partial charge in [-0.2, -0.15) is 0 Å². The van der Waals surface area contributed by atoms with Crippen molar-refractivity contribution < 1.29 is 19.1 Å². The lowest BCUT2D eigenvalue weighted by Gasteiger charge is -2.32. The molecule has 0 radical (unpaired) electrons. The standard InChI is InChI=1S/C21H25N3O4/c1-27-18-7-6-15(13-19(18)28-2)14-20(25)23-16-8-11-24(12-9-16)21(26)17-5-3-4-10-22-17/h3-7,10,13,16H,8-9,11-12,14H2,1-2H3,(H,23,25). The van der Waals surface area contributed by atoms with Crippen molar-refractivity contribution >= 4 is 11.8 Å². The lowest BCUT2D eigenvalue weighted by molar-refractivity contribution is -0.121. The van der Waals surface area contributed by atoms with Crippen LogP contribution >= 0.6 is 0 Å². The van der Waals surface area contributed by atoms with Gasteiger partial charge in [0.05, 0.1) is 20.6 Å². The first-order valence-electron chi connectivity index (χ1n) is 9.31. The number of nitrogens with one attached hydrogen (secondary N) is 1. The van der Waals surface area contributed by atoms with E-state index in [4.69, 9.17) is 9.47 Å². The van der Waals surface area contributed by atoms with Crippen molar-refractivity contribution in [3.63, 3.8) is 0 Å². The number of piperidine rings is 1. The number of likely N-dealkylation sites (tertiary alicyclic amines) is 1. The molecule has 1 aromatic heterocycles. The molecular weight excluding hydrogens is 358 g/mol. The van der Waals surface area contributed by atoms with Crippen LogP contribution in [0.2, 0.25) is 0 Å². The topological polar surface area (TPSA) is 80.8 Å². The number of hydrogen-bond donors (Lipinski definition) is 1. The van der Waals surface area contributed by atoms with E-state index in [0.29, 0.717) is 30.3 Å². The van der Waals surface area contributed by atoms with Crippen molar-refractivity contribution in [2.75, 3.05) is 27.3 Å². The van der Waals surface area contributed by atoms with Gasteiger partial charge in [0.2, 0.25) is 5.91 Å². The monoisotopic (exact) mass is 383 g/mol. The molecule has 148 valence electrons. The predicted octanol–water partition coefficient (Wildman–Crippen LogP) is 2.06. The first kappa shape index (κ1) is 19.7. The fourth-order valence-electron chi connectivity index (χ4n) is 3.33. The molecule has 28 heavy (non-hydrogen) atoms. The molecule has 0 atom stereocenters. The number of hydrogen-bond acceptors (Lipinski definition) is 5. The molecule has 7 heteroatoms. The van der Waals surface area contributed by atoms with Crippen molar-refractivity contribution in [2.24, 2.45) is 0 Å². The molecule has 1 aliphatic heterocycles. The molecule has 1 aliphatic rings. The van der Waals surface area contributed by atoms with Gasteiger partial charge in [0.15, 0.2) is 11.5 Å². The highest BCUT2D eigenvalue weighted by Gasteiger charge is 2.25. The van der Waals surface area contributed by atoms with Gasteiger partial charge in [0.25, 0.3) is 5.91 Å². The maximum atomic E-state index is 12.4. The molecule has 2 aromatic rings. The van der Waals surface area contributed by atoms with Crippen LogP contribution in [0.5, 0.6) is 11.5 Å². The second-order valence-corrected chi connectivity index (χ2v) is 6.72. The Morgan fingerprint density at radius 1 is 1.11 bits per heavy atom. The Balaban J connectivity index is 1.49. The summed E-state index contributed by atoms with van der Waals surface area (Å²) >= 11 is 0. The van der Waals surface area contributed by atoms with E-state index in [0.717, 1.165) is 18.4 Å². The van der Waals surface area contributed by atoms with E-state index >= 15 is 0 Å². The fraction of sp³-hybridized carbons (Fsp3) is 0.381. The molecule has 3 rings (SSSR count). The molecule has 1 saturated heterocycles. The summed E-state index contributed by atoms with van der Waals surface area (Å²) in [6, 6.07) is 10.9. The van der Waals surface area contributed by atoms with Gasteiger partial charge in [-0.15, -0.1) is 0 Å². The summed E-state index contributed by atoms with van der Waals surface area (Å²) < 4.78 is 10.5. The van der Waals surface area contributed by atoms with Gasteiger partial charge in [0, 0.05) is 25.3 Å². The first-order valence-corrected chi connectivity index (χ1v) is 9.31. The minimum Gasteiger partial charge on any atom is -0.493 e. The van der Waals surface area contributed by atoms with Crippen LogP contribution in [-0.2, 0) is 11.2 Å². The normalized spacial score (nSPS) is 14.4. The van der Waals surface area contributed by atoms with Crippen LogP contribution < -0.4 is 14.8 Å². The van der Waals surface area contributed by atoms with E-state index in [1.165, 1.54) is 0 Å². The Kier molecular flexibility index (Phi) is 6.47. The molecule has 2 amide bonds. The first-order chi connectivity index (χ1) is 13.6. The third-order valence-corrected chi connectivity index (χ3v) is 4.84. The zero-order chi connectivity index (χ0) is 19.9. The molecule has 2 heterocycles. The Morgan fingerprint density at radius 2 is 1.86 bits per heavy atom. The van der Waals surface area contributed by atoms with Gasteiger partial charge in [-0.3, -0.25) is 14.6 Å². The molecule has 0 saturated carbocycles. The second kappa shape index (κ2) is 9.21. The van der Waals surface area contributed by atoms with Crippen molar-refractivity contribution in [2.45, 2.75) is 25.3 Å². The smallest absolute Gasteiger partial charge is 0.272 e. The Labute approximate surface area is 164 Å². The van der Waals surface area contributed by atoms with Crippen LogP contribution in [0.15, 0.2) is 42.6 Å². The number of carbonyl (C=O) groups is 2. The number of aromatic nitrogens is 1. The average Bonchev–Trinajstić information content (AvgIpc) is 2.74. The van der Waals surface area contributed by atoms with Crippen molar-refractivity contribution in [1.82, 2.24) is 15.2 Å². The van der Waals surface area contributed by atoms with Crippen LogP contribution in [0, 0.1) is 0 Å². The zero-order valence-corrected chi connectivity index (χ0v) is 16.2. The van der Waals surface area contributed by atoms with Gasteiger partial charge in [-0.1, -0.05) is 12.1 Å². The quantitative estimate of drug-likeness (QED) is 0.826. The number of nitrogens with zero attached hydrogens (tertiary/aromatic N) is 2. The lowest BCUT2D eigenvalue weighted by Crippen LogP contribution is -2.47. The molecule has 7 nitrogen and oxygen atoms in total. The molecule has 0 spiro atoms. The van der Waals surface area contributed by atoms with Crippen molar-refractivity contribution in [3.8, 4) is 11.5 Å². The third kappa shape index (κ3) is 4.79. The number of carbonyl (C=O) groups excluding carboxylic acids is 2. The Morgan fingerprint density at radius 3 is 2.50 bits per heavy atom. The SMILES string of the molecule is COc1ccc(CC(=O)NC2CCN(C(=O)c3ccccn3)CC2)cc1OC. The molecule has 1 aromatic carbocycles. The van der Waals surface area contributed by atoms with E-state index in [1.807, 2.05) is 12.1 Å². The van der Waals surface area contributed by atoms with Crippen LogP contribution in [0.1, 0.15) is 28.9 Å². The number of amides is 2. The van der Waals surface area contributed by atoms with Gasteiger partial charge in [-0.25, -0.2) is 0 Å². The second-order valence-electron chi connectivity index (χ2n) is 6.72. The van der Waals surface area contributed by atoms with E-state index in [2.05, 4.69) is 10.3 Å². The molecule has 0 unspecified atom stereocenters. The predicted molar refractivity (Wildman–Crippen MR) is 105 cm³/mol. The third-order valence-electron chi connectivity index (χ3n) is 4.84. The van der Waals surface area contributed by atoms with Crippen LogP contribution in [-0.4, -0.2) is 55.0 Å². The number of ether oxygens (including phenoxy) is 2. The minimum atomic E-state index is -0.0595. The van der Waals surface area contributed by atoms with Gasteiger partial charge >= 0.3 is 0 Å². The summed E-state index contributed by atoms with van der Waals surface area (Å²) in [5.74, 6) is 1.14. The summed E-state index contributed by atoms with van der Waals surface area (Å²) in [5.41, 5.74) is 1.32. The lowest BCUT2D eigenvalue weighted by atomic mass is 10.0. The van der Waals surface area contributed by atoms with Gasteiger partial charge in [0.1, 0.15) is 5.69 Å². The number of methoxy groups -OCH3 is 2. The van der Waals surface area contributed by atoms with Crippen LogP contribution in [0.25, 0.3) is 0 Å². The van der Waals surface area contributed by atoms with Gasteiger partial charge < -0.3 is 19.7 Å². The summed E-state index contributed by atoms with van der Waals surface area (Å²) in [6.07, 6.45) is 3.36. The highest BCUT2D eigenvalue weighted by atomic mass is 16.5. The minimum absolute atomic E-state index is 0.0401. The molecule has 1 fully saturated rings. The van der Waals surface area contributed by atoms with Crippen LogP contribution in [0.3, 0.4) is 0 Å². The largest absolute Gasteiger partial charge is 0.493 e.